The van der Waals surface area contributed by atoms with E-state index < -0.39 is 6.10 Å². The first kappa shape index (κ1) is 13.7. The fraction of sp³-hybridized carbons (Fsp3) is 0.600. The molecule has 1 unspecified atom stereocenters. The first-order chi connectivity index (χ1) is 9.11. The van der Waals surface area contributed by atoms with Crippen LogP contribution < -0.4 is 5.32 Å². The Hall–Kier alpha value is -0.280. The summed E-state index contributed by atoms with van der Waals surface area (Å²) in [7, 11) is 0. The van der Waals surface area contributed by atoms with Crippen LogP contribution in [0, 0.1) is 11.3 Å². The van der Waals surface area contributed by atoms with Crippen molar-refractivity contribution in [2.75, 3.05) is 13.1 Å². The molecule has 0 spiro atoms. The van der Waals surface area contributed by atoms with Gasteiger partial charge in [0, 0.05) is 28.7 Å². The summed E-state index contributed by atoms with van der Waals surface area (Å²) in [4.78, 5) is 0. The molecule has 2 fully saturated rings. The first-order valence-corrected chi connectivity index (χ1v) is 7.70. The number of hydrogen-bond donors (Lipinski definition) is 2. The van der Waals surface area contributed by atoms with E-state index in [1.807, 2.05) is 0 Å². The maximum atomic E-state index is 10.2. The molecule has 0 amide bonds. The summed E-state index contributed by atoms with van der Waals surface area (Å²) in [6, 6.07) is 5.21. The van der Waals surface area contributed by atoms with Crippen LogP contribution in [0.15, 0.2) is 18.2 Å². The molecule has 0 aliphatic heterocycles. The third kappa shape index (κ3) is 3.08. The highest BCUT2D eigenvalue weighted by Crippen LogP contribution is 2.60. The van der Waals surface area contributed by atoms with E-state index in [2.05, 4.69) is 5.32 Å². The number of rotatable bonds is 6. The lowest BCUT2D eigenvalue weighted by molar-refractivity contribution is 0.171. The minimum Gasteiger partial charge on any atom is -0.387 e. The predicted octanol–water partition coefficient (Wildman–Crippen LogP) is 3.81. The van der Waals surface area contributed by atoms with Crippen molar-refractivity contribution in [3.8, 4) is 0 Å². The molecule has 3 rings (SSSR count). The van der Waals surface area contributed by atoms with Crippen LogP contribution in [0.2, 0.25) is 10.0 Å². The van der Waals surface area contributed by atoms with Gasteiger partial charge in [-0.1, -0.05) is 23.2 Å². The summed E-state index contributed by atoms with van der Waals surface area (Å²) in [6.07, 6.45) is 4.88. The minimum atomic E-state index is -0.596. The molecular formula is C15H19Cl2NO. The summed E-state index contributed by atoms with van der Waals surface area (Å²) in [6.45, 7) is 1.56. The molecule has 2 saturated carbocycles. The quantitative estimate of drug-likeness (QED) is 0.837. The SMILES string of the molecule is OC(CNCC1(C2CC2)CC1)c1cc(Cl)ccc1Cl. The molecule has 0 saturated heterocycles. The van der Waals surface area contributed by atoms with Crippen molar-refractivity contribution in [1.29, 1.82) is 0 Å². The smallest absolute Gasteiger partial charge is 0.0929 e. The second kappa shape index (κ2) is 5.25. The van der Waals surface area contributed by atoms with E-state index in [-0.39, 0.29) is 0 Å². The summed E-state index contributed by atoms with van der Waals surface area (Å²) < 4.78 is 0. The van der Waals surface area contributed by atoms with Gasteiger partial charge in [-0.25, -0.2) is 0 Å². The third-order valence-corrected chi connectivity index (χ3v) is 5.05. The summed E-state index contributed by atoms with van der Waals surface area (Å²) >= 11 is 12.0. The zero-order valence-corrected chi connectivity index (χ0v) is 12.3. The Labute approximate surface area is 124 Å². The van der Waals surface area contributed by atoms with Crippen molar-refractivity contribution >= 4 is 23.2 Å². The second-order valence-corrected chi connectivity index (χ2v) is 6.79. The van der Waals surface area contributed by atoms with Crippen molar-refractivity contribution in [2.24, 2.45) is 11.3 Å². The number of benzene rings is 1. The van der Waals surface area contributed by atoms with Crippen LogP contribution in [0.1, 0.15) is 37.4 Å². The Bertz CT molecular complexity index is 469. The molecule has 1 aromatic carbocycles. The molecular weight excluding hydrogens is 281 g/mol. The Morgan fingerprint density at radius 3 is 2.68 bits per heavy atom. The van der Waals surface area contributed by atoms with Gasteiger partial charge in [0.1, 0.15) is 0 Å². The predicted molar refractivity (Wildman–Crippen MR) is 78.7 cm³/mol. The van der Waals surface area contributed by atoms with Crippen LogP contribution >= 0.6 is 23.2 Å². The molecule has 4 heteroatoms. The van der Waals surface area contributed by atoms with Gasteiger partial charge in [0.25, 0.3) is 0 Å². The van der Waals surface area contributed by atoms with Gasteiger partial charge < -0.3 is 10.4 Å². The lowest BCUT2D eigenvalue weighted by atomic mass is 10.0. The van der Waals surface area contributed by atoms with Crippen LogP contribution in [0.25, 0.3) is 0 Å². The van der Waals surface area contributed by atoms with Gasteiger partial charge in [0.2, 0.25) is 0 Å². The fourth-order valence-electron chi connectivity index (χ4n) is 2.92. The van der Waals surface area contributed by atoms with Crippen LogP contribution in [-0.4, -0.2) is 18.2 Å². The highest BCUT2D eigenvalue weighted by atomic mass is 35.5. The van der Waals surface area contributed by atoms with Gasteiger partial charge in [0.05, 0.1) is 6.10 Å². The molecule has 0 radical (unpaired) electrons. The van der Waals surface area contributed by atoms with Crippen molar-refractivity contribution in [1.82, 2.24) is 5.32 Å². The average Bonchev–Trinajstić information content (AvgIpc) is 3.24. The van der Waals surface area contributed by atoms with Crippen LogP contribution in [-0.2, 0) is 0 Å². The molecule has 0 bridgehead atoms. The van der Waals surface area contributed by atoms with Crippen LogP contribution in [0.5, 0.6) is 0 Å². The van der Waals surface area contributed by atoms with E-state index in [9.17, 15) is 5.11 Å². The van der Waals surface area contributed by atoms with Gasteiger partial charge >= 0.3 is 0 Å². The van der Waals surface area contributed by atoms with E-state index in [1.54, 1.807) is 18.2 Å². The number of halogens is 2. The Kier molecular flexibility index (Phi) is 3.78. The van der Waals surface area contributed by atoms with Crippen LogP contribution in [0.4, 0.5) is 0 Å². The maximum Gasteiger partial charge on any atom is 0.0929 e. The van der Waals surface area contributed by atoms with Crippen molar-refractivity contribution < 1.29 is 5.11 Å². The average molecular weight is 300 g/mol. The van der Waals surface area contributed by atoms with E-state index in [0.29, 0.717) is 27.6 Å². The molecule has 2 N–H and O–H groups in total. The highest BCUT2D eigenvalue weighted by molar-refractivity contribution is 6.33. The van der Waals surface area contributed by atoms with Gasteiger partial charge in [-0.3, -0.25) is 0 Å². The van der Waals surface area contributed by atoms with Gasteiger partial charge in [0.15, 0.2) is 0 Å². The third-order valence-electron chi connectivity index (χ3n) is 4.47. The highest BCUT2D eigenvalue weighted by Gasteiger charge is 2.53. The molecule has 0 heterocycles. The Morgan fingerprint density at radius 2 is 2.05 bits per heavy atom. The lowest BCUT2D eigenvalue weighted by Gasteiger charge is -2.18. The van der Waals surface area contributed by atoms with Crippen molar-refractivity contribution in [3.63, 3.8) is 0 Å². The molecule has 104 valence electrons. The molecule has 2 aliphatic carbocycles. The summed E-state index contributed by atoms with van der Waals surface area (Å²) in [5.74, 6) is 0.937. The number of aliphatic hydroxyl groups excluding tert-OH is 1. The maximum absolute atomic E-state index is 10.2. The van der Waals surface area contributed by atoms with Crippen molar-refractivity contribution in [3.05, 3.63) is 33.8 Å². The standard InChI is InChI=1S/C15H19Cl2NO/c16-11-3-4-13(17)12(7-11)14(19)8-18-9-15(5-6-15)10-1-2-10/h3-4,7,10,14,18-19H,1-2,5-6,8-9H2. The normalized spacial score (nSPS) is 22.3. The van der Waals surface area contributed by atoms with E-state index in [1.165, 1.54) is 25.7 Å². The first-order valence-electron chi connectivity index (χ1n) is 6.94. The molecule has 1 atom stereocenters. The fourth-order valence-corrected chi connectivity index (χ4v) is 3.35. The Morgan fingerprint density at radius 1 is 1.32 bits per heavy atom. The minimum absolute atomic E-state index is 0.536. The van der Waals surface area contributed by atoms with Gasteiger partial charge in [-0.05, 0) is 55.2 Å². The summed E-state index contributed by atoms with van der Waals surface area (Å²) in [5.41, 5.74) is 1.26. The molecule has 2 aliphatic rings. The van der Waals surface area contributed by atoms with Gasteiger partial charge in [-0.15, -0.1) is 0 Å². The zero-order chi connectivity index (χ0) is 13.5. The topological polar surface area (TPSA) is 32.3 Å². The molecule has 1 aromatic rings. The lowest BCUT2D eigenvalue weighted by Crippen LogP contribution is -2.29. The largest absolute Gasteiger partial charge is 0.387 e. The molecule has 0 aromatic heterocycles. The van der Waals surface area contributed by atoms with Crippen molar-refractivity contribution in [2.45, 2.75) is 31.8 Å². The zero-order valence-electron chi connectivity index (χ0n) is 10.8. The number of aliphatic hydroxyl groups is 1. The second-order valence-electron chi connectivity index (χ2n) is 5.95. The molecule has 2 nitrogen and oxygen atoms in total. The Balaban J connectivity index is 1.53. The van der Waals surface area contributed by atoms with E-state index >= 15 is 0 Å². The van der Waals surface area contributed by atoms with E-state index in [4.69, 9.17) is 23.2 Å². The summed E-state index contributed by atoms with van der Waals surface area (Å²) in [5, 5.41) is 14.8. The molecule has 19 heavy (non-hydrogen) atoms. The van der Waals surface area contributed by atoms with E-state index in [0.717, 1.165) is 12.5 Å². The number of nitrogens with one attached hydrogen (secondary N) is 1. The monoisotopic (exact) mass is 299 g/mol. The van der Waals surface area contributed by atoms with Gasteiger partial charge in [-0.2, -0.15) is 0 Å². The van der Waals surface area contributed by atoms with Crippen LogP contribution in [0.3, 0.4) is 0 Å². The number of hydrogen-bond acceptors (Lipinski definition) is 2.